The quantitative estimate of drug-likeness (QED) is 0.300. The molecule has 1 heterocycles. The maximum Gasteiger partial charge on any atom is 0.418 e. The number of para-hydroxylation sites is 1. The molecule has 0 radical (unpaired) electrons. The first-order valence-electron chi connectivity index (χ1n) is 11.2. The number of fused-ring (bicyclic) bond motifs is 1. The van der Waals surface area contributed by atoms with E-state index >= 15 is 0 Å². The number of nitrogens with zero attached hydrogens (tertiary/aromatic N) is 1. The van der Waals surface area contributed by atoms with Gasteiger partial charge in [0.1, 0.15) is 0 Å². The maximum absolute atomic E-state index is 13.5. The summed E-state index contributed by atoms with van der Waals surface area (Å²) in [6.07, 6.45) is -2.99. The van der Waals surface area contributed by atoms with E-state index in [9.17, 15) is 18.0 Å². The highest BCUT2D eigenvalue weighted by atomic mass is 19.4. The van der Waals surface area contributed by atoms with Gasteiger partial charge in [0.25, 0.3) is 0 Å². The van der Waals surface area contributed by atoms with Gasteiger partial charge in [-0.25, -0.2) is 0 Å². The largest absolute Gasteiger partial charge is 0.469 e. The molecule has 0 aliphatic carbocycles. The molecular weight excluding hydrogens is 453 g/mol. The Labute approximate surface area is 201 Å². The summed E-state index contributed by atoms with van der Waals surface area (Å²) in [6, 6.07) is 19.5. The zero-order valence-corrected chi connectivity index (χ0v) is 19.6. The van der Waals surface area contributed by atoms with Gasteiger partial charge in [-0.15, -0.1) is 0 Å². The van der Waals surface area contributed by atoms with Crippen molar-refractivity contribution in [3.05, 3.63) is 95.2 Å². The molecule has 4 rings (SSSR count). The number of benzene rings is 3. The van der Waals surface area contributed by atoms with Gasteiger partial charge in [0.2, 0.25) is 0 Å². The van der Waals surface area contributed by atoms with Gasteiger partial charge in [-0.05, 0) is 59.9 Å². The number of nitrogens with one attached hydrogen (secondary N) is 1. The number of pyridine rings is 1. The average Bonchev–Trinajstić information content (AvgIpc) is 2.86. The standard InChI is InChI=1S/C28H25F3N2O2/c1-17-15-33-26-23(8-5-9-24(26)28(29,30)31)25(17)21-6-4-7-22(14-21)32-16-19-10-12-20(13-11-19)18(2)27(34)35-3/h4-15,18,32H,16H2,1-3H3. The van der Waals surface area contributed by atoms with Gasteiger partial charge >= 0.3 is 12.1 Å². The van der Waals surface area contributed by atoms with E-state index in [-0.39, 0.29) is 17.4 Å². The van der Waals surface area contributed by atoms with Crippen LogP contribution in [0.5, 0.6) is 0 Å². The fourth-order valence-corrected chi connectivity index (χ4v) is 4.16. The van der Waals surface area contributed by atoms with Gasteiger partial charge in [0.15, 0.2) is 0 Å². The summed E-state index contributed by atoms with van der Waals surface area (Å²) in [7, 11) is 1.37. The van der Waals surface area contributed by atoms with Gasteiger partial charge in [-0.1, -0.05) is 48.5 Å². The Hall–Kier alpha value is -3.87. The lowest BCUT2D eigenvalue weighted by Gasteiger charge is -2.15. The van der Waals surface area contributed by atoms with E-state index in [1.54, 1.807) is 13.0 Å². The molecule has 1 N–H and O–H groups in total. The molecular formula is C28H25F3N2O2. The van der Waals surface area contributed by atoms with Crippen LogP contribution in [0, 0.1) is 6.92 Å². The average molecular weight is 479 g/mol. The molecule has 1 unspecified atom stereocenters. The molecule has 4 aromatic rings. The van der Waals surface area contributed by atoms with E-state index in [0.717, 1.165) is 39.6 Å². The van der Waals surface area contributed by atoms with Gasteiger partial charge < -0.3 is 10.1 Å². The number of methoxy groups -OCH3 is 1. The third kappa shape index (κ3) is 5.14. The minimum Gasteiger partial charge on any atom is -0.469 e. The predicted molar refractivity (Wildman–Crippen MR) is 131 cm³/mol. The van der Waals surface area contributed by atoms with Crippen LogP contribution in [-0.2, 0) is 22.3 Å². The zero-order valence-electron chi connectivity index (χ0n) is 19.6. The summed E-state index contributed by atoms with van der Waals surface area (Å²) in [6.45, 7) is 4.19. The minimum absolute atomic E-state index is 0.0553. The lowest BCUT2D eigenvalue weighted by molar-refractivity contribution is -0.142. The van der Waals surface area contributed by atoms with Crippen molar-refractivity contribution < 1.29 is 22.7 Å². The third-order valence-corrected chi connectivity index (χ3v) is 6.07. The van der Waals surface area contributed by atoms with Crippen LogP contribution in [0.1, 0.15) is 35.1 Å². The topological polar surface area (TPSA) is 51.2 Å². The number of rotatable bonds is 6. The van der Waals surface area contributed by atoms with Gasteiger partial charge in [-0.3, -0.25) is 9.78 Å². The molecule has 4 nitrogen and oxygen atoms in total. The molecule has 0 saturated heterocycles. The maximum atomic E-state index is 13.5. The normalized spacial score (nSPS) is 12.4. The summed E-state index contributed by atoms with van der Waals surface area (Å²) >= 11 is 0. The van der Waals surface area contributed by atoms with E-state index in [2.05, 4.69) is 10.3 Å². The van der Waals surface area contributed by atoms with Crippen LogP contribution >= 0.6 is 0 Å². The Kier molecular flexibility index (Phi) is 6.78. The Morgan fingerprint density at radius 1 is 1.06 bits per heavy atom. The molecule has 7 heteroatoms. The van der Waals surface area contributed by atoms with Gasteiger partial charge in [0.05, 0.1) is 24.1 Å². The molecule has 180 valence electrons. The molecule has 1 atom stereocenters. The number of alkyl halides is 3. The molecule has 0 aliphatic heterocycles. The van der Waals surface area contributed by atoms with E-state index in [0.29, 0.717) is 11.9 Å². The van der Waals surface area contributed by atoms with Crippen molar-refractivity contribution >= 4 is 22.6 Å². The van der Waals surface area contributed by atoms with Gasteiger partial charge in [0, 0.05) is 23.8 Å². The first-order chi connectivity index (χ1) is 16.7. The fraction of sp³-hybridized carbons (Fsp3) is 0.214. The second kappa shape index (κ2) is 9.78. The molecule has 0 saturated carbocycles. The number of esters is 1. The molecule has 0 spiro atoms. The van der Waals surface area contributed by atoms with E-state index < -0.39 is 11.7 Å². The van der Waals surface area contributed by atoms with Crippen molar-refractivity contribution in [1.29, 1.82) is 0 Å². The monoisotopic (exact) mass is 478 g/mol. The molecule has 0 bridgehead atoms. The summed E-state index contributed by atoms with van der Waals surface area (Å²) in [5.74, 6) is -0.621. The Morgan fingerprint density at radius 3 is 2.46 bits per heavy atom. The van der Waals surface area contributed by atoms with Crippen LogP contribution in [-0.4, -0.2) is 18.1 Å². The summed E-state index contributed by atoms with van der Waals surface area (Å²) in [4.78, 5) is 15.8. The number of hydrogen-bond donors (Lipinski definition) is 1. The first kappa shape index (κ1) is 24.3. The fourth-order valence-electron chi connectivity index (χ4n) is 4.16. The minimum atomic E-state index is -4.48. The van der Waals surface area contributed by atoms with Crippen LogP contribution in [0.3, 0.4) is 0 Å². The van der Waals surface area contributed by atoms with Crippen LogP contribution < -0.4 is 5.32 Å². The number of carbonyl (C=O) groups excluding carboxylic acids is 1. The summed E-state index contributed by atoms with van der Waals surface area (Å²) in [5.41, 5.74) is 4.27. The summed E-state index contributed by atoms with van der Waals surface area (Å²) < 4.78 is 45.4. The number of ether oxygens (including phenoxy) is 1. The van der Waals surface area contributed by atoms with Gasteiger partial charge in [-0.2, -0.15) is 13.2 Å². The number of aromatic nitrogens is 1. The Bertz CT molecular complexity index is 1370. The molecule has 0 aliphatic rings. The number of carbonyl (C=O) groups is 1. The number of halogens is 3. The second-order valence-electron chi connectivity index (χ2n) is 8.44. The SMILES string of the molecule is COC(=O)C(C)c1ccc(CNc2cccc(-c3c(C)cnc4c(C(F)(F)F)cccc34)c2)cc1. The van der Waals surface area contributed by atoms with Crippen molar-refractivity contribution in [1.82, 2.24) is 4.98 Å². The zero-order chi connectivity index (χ0) is 25.2. The highest BCUT2D eigenvalue weighted by Crippen LogP contribution is 2.38. The third-order valence-electron chi connectivity index (χ3n) is 6.07. The van der Waals surface area contributed by atoms with Crippen LogP contribution in [0.4, 0.5) is 18.9 Å². The molecule has 35 heavy (non-hydrogen) atoms. The highest BCUT2D eigenvalue weighted by Gasteiger charge is 2.33. The Morgan fingerprint density at radius 2 is 1.77 bits per heavy atom. The molecule has 1 aromatic heterocycles. The van der Waals surface area contributed by atoms with Crippen LogP contribution in [0.2, 0.25) is 0 Å². The van der Waals surface area contributed by atoms with Crippen molar-refractivity contribution in [3.63, 3.8) is 0 Å². The highest BCUT2D eigenvalue weighted by molar-refractivity contribution is 5.98. The van der Waals surface area contributed by atoms with Crippen LogP contribution in [0.15, 0.2) is 72.9 Å². The van der Waals surface area contributed by atoms with Crippen molar-refractivity contribution in [2.75, 3.05) is 12.4 Å². The predicted octanol–water partition coefficient (Wildman–Crippen LogP) is 7.12. The molecule has 0 fully saturated rings. The van der Waals surface area contributed by atoms with E-state index in [1.165, 1.54) is 19.4 Å². The number of anilines is 1. The molecule has 3 aromatic carbocycles. The molecule has 0 amide bonds. The number of aryl methyl sites for hydroxylation is 1. The summed E-state index contributed by atoms with van der Waals surface area (Å²) in [5, 5.41) is 3.83. The lowest BCUT2D eigenvalue weighted by Crippen LogP contribution is -2.10. The van der Waals surface area contributed by atoms with E-state index in [1.807, 2.05) is 55.5 Å². The van der Waals surface area contributed by atoms with E-state index in [4.69, 9.17) is 4.74 Å². The van der Waals surface area contributed by atoms with Crippen LogP contribution in [0.25, 0.3) is 22.0 Å². The first-order valence-corrected chi connectivity index (χ1v) is 11.2. The number of hydrogen-bond acceptors (Lipinski definition) is 4. The van der Waals surface area contributed by atoms with Crippen molar-refractivity contribution in [3.8, 4) is 11.1 Å². The Balaban J connectivity index is 1.60. The van der Waals surface area contributed by atoms with Crippen molar-refractivity contribution in [2.24, 2.45) is 0 Å². The smallest absolute Gasteiger partial charge is 0.418 e. The second-order valence-corrected chi connectivity index (χ2v) is 8.44. The lowest BCUT2D eigenvalue weighted by atomic mass is 9.95. The van der Waals surface area contributed by atoms with Crippen molar-refractivity contribution in [2.45, 2.75) is 32.5 Å².